The van der Waals surface area contributed by atoms with Crippen molar-refractivity contribution >= 4 is 29.2 Å². The molecule has 0 saturated carbocycles. The highest BCUT2D eigenvalue weighted by Gasteiger charge is 2.18. The normalized spacial score (nSPS) is 13.1. The molecule has 4 heterocycles. The van der Waals surface area contributed by atoms with Crippen molar-refractivity contribution in [2.75, 3.05) is 11.9 Å². The number of hydrogen-bond acceptors (Lipinski definition) is 6. The van der Waals surface area contributed by atoms with Gasteiger partial charge in [0.15, 0.2) is 5.89 Å². The van der Waals surface area contributed by atoms with Crippen molar-refractivity contribution in [2.24, 2.45) is 4.99 Å². The molecule has 4 aromatic rings. The molecule has 0 saturated heterocycles. The van der Waals surface area contributed by atoms with Crippen LogP contribution in [0.25, 0.3) is 22.6 Å². The molecule has 1 aromatic carbocycles. The lowest BCUT2D eigenvalue weighted by Gasteiger charge is -2.06. The first-order valence-electron chi connectivity index (χ1n) is 9.57. The van der Waals surface area contributed by atoms with Crippen molar-refractivity contribution in [3.8, 4) is 11.3 Å². The number of rotatable bonds is 4. The third-order valence-electron chi connectivity index (χ3n) is 4.93. The second-order valence-electron chi connectivity index (χ2n) is 7.15. The number of aromatic nitrogens is 4. The fourth-order valence-corrected chi connectivity index (χ4v) is 3.44. The lowest BCUT2D eigenvalue weighted by atomic mass is 10.1. The number of carbonyl (C=O) groups is 1. The van der Waals surface area contributed by atoms with Crippen LogP contribution in [0.5, 0.6) is 0 Å². The number of allylic oxidation sites excluding steroid dienone is 1. The zero-order valence-electron chi connectivity index (χ0n) is 16.8. The van der Waals surface area contributed by atoms with E-state index in [0.29, 0.717) is 35.3 Å². The lowest BCUT2D eigenvalue weighted by molar-refractivity contribution is 0.0994. The number of hydrogen-bond donors (Lipinski definition) is 1. The minimum Gasteiger partial charge on any atom is -0.436 e. The average molecular weight is 416 g/mol. The standard InChI is InChI=1S/C22H17FN6O2/c1-12-20(31-13(2)26-12)21(30)27-16-3-4-18(23)17(7-16)19-11-29-10-15(9-25-22(29)28-19)14-5-6-24-8-14/h3-7,9-11H,8H2,1-2H3,(H,27,30). The van der Waals surface area contributed by atoms with E-state index in [4.69, 9.17) is 4.42 Å². The average Bonchev–Trinajstić information content (AvgIpc) is 3.48. The first-order chi connectivity index (χ1) is 15.0. The van der Waals surface area contributed by atoms with Crippen LogP contribution >= 0.6 is 0 Å². The van der Waals surface area contributed by atoms with Crippen molar-refractivity contribution in [2.45, 2.75) is 13.8 Å². The van der Waals surface area contributed by atoms with Gasteiger partial charge >= 0.3 is 0 Å². The number of oxazole rings is 1. The summed E-state index contributed by atoms with van der Waals surface area (Å²) in [5, 5.41) is 2.72. The van der Waals surface area contributed by atoms with E-state index in [9.17, 15) is 9.18 Å². The van der Waals surface area contributed by atoms with Crippen LogP contribution in [-0.4, -0.2) is 38.0 Å². The van der Waals surface area contributed by atoms with E-state index in [1.54, 1.807) is 36.9 Å². The van der Waals surface area contributed by atoms with E-state index < -0.39 is 11.7 Å². The summed E-state index contributed by atoms with van der Waals surface area (Å²) in [7, 11) is 0. The highest BCUT2D eigenvalue weighted by molar-refractivity contribution is 6.03. The summed E-state index contributed by atoms with van der Waals surface area (Å²) in [6, 6.07) is 4.29. The minimum atomic E-state index is -0.458. The topological polar surface area (TPSA) is 97.7 Å². The summed E-state index contributed by atoms with van der Waals surface area (Å²) in [5.74, 6) is 0.0566. The van der Waals surface area contributed by atoms with Gasteiger partial charge in [-0.25, -0.2) is 19.3 Å². The second kappa shape index (κ2) is 7.28. The number of aliphatic imine (C=N–C) groups is 1. The number of nitrogens with zero attached hydrogens (tertiary/aromatic N) is 5. The molecular formula is C22H17FN6O2. The number of fused-ring (bicyclic) bond motifs is 1. The molecule has 0 spiro atoms. The Morgan fingerprint density at radius 1 is 1.23 bits per heavy atom. The van der Waals surface area contributed by atoms with Crippen molar-refractivity contribution < 1.29 is 13.6 Å². The van der Waals surface area contributed by atoms with E-state index >= 15 is 0 Å². The van der Waals surface area contributed by atoms with Gasteiger partial charge in [0.25, 0.3) is 5.91 Å². The number of benzene rings is 1. The van der Waals surface area contributed by atoms with Gasteiger partial charge in [-0.3, -0.25) is 14.2 Å². The van der Waals surface area contributed by atoms with Gasteiger partial charge in [0.2, 0.25) is 11.5 Å². The zero-order valence-corrected chi connectivity index (χ0v) is 16.8. The molecule has 5 rings (SSSR count). The molecule has 154 valence electrons. The smallest absolute Gasteiger partial charge is 0.293 e. The largest absolute Gasteiger partial charge is 0.436 e. The van der Waals surface area contributed by atoms with Gasteiger partial charge in [-0.2, -0.15) is 0 Å². The summed E-state index contributed by atoms with van der Waals surface area (Å²) in [5.41, 5.74) is 3.53. The molecule has 9 heteroatoms. The SMILES string of the molecule is Cc1nc(C)c(C(=O)Nc2ccc(F)c(-c3cn4cc(C5=CC=NC5)cnc4n3)c2)o1. The Hall–Kier alpha value is -4.14. The first kappa shape index (κ1) is 18.9. The summed E-state index contributed by atoms with van der Waals surface area (Å²) >= 11 is 0. The number of anilines is 1. The molecule has 1 aliphatic heterocycles. The number of imidazole rings is 1. The highest BCUT2D eigenvalue weighted by atomic mass is 19.1. The molecule has 8 nitrogen and oxygen atoms in total. The Balaban J connectivity index is 1.46. The summed E-state index contributed by atoms with van der Waals surface area (Å²) in [6.07, 6.45) is 9.01. The molecular weight excluding hydrogens is 399 g/mol. The number of nitrogens with one attached hydrogen (secondary N) is 1. The van der Waals surface area contributed by atoms with Gasteiger partial charge in [-0.05, 0) is 36.8 Å². The fourth-order valence-electron chi connectivity index (χ4n) is 3.44. The van der Waals surface area contributed by atoms with Gasteiger partial charge in [0, 0.05) is 48.5 Å². The van der Waals surface area contributed by atoms with Crippen LogP contribution in [-0.2, 0) is 0 Å². The van der Waals surface area contributed by atoms with Crippen molar-refractivity contribution in [1.29, 1.82) is 0 Å². The van der Waals surface area contributed by atoms with Crippen LogP contribution in [0.4, 0.5) is 10.1 Å². The van der Waals surface area contributed by atoms with E-state index in [1.807, 2.05) is 12.3 Å². The maximum atomic E-state index is 14.6. The molecule has 0 aliphatic carbocycles. The number of amides is 1. The maximum absolute atomic E-state index is 14.6. The van der Waals surface area contributed by atoms with E-state index in [1.165, 1.54) is 18.2 Å². The van der Waals surface area contributed by atoms with E-state index in [-0.39, 0.29) is 11.3 Å². The van der Waals surface area contributed by atoms with Gasteiger partial charge in [-0.15, -0.1) is 0 Å². The molecule has 1 N–H and O–H groups in total. The quantitative estimate of drug-likeness (QED) is 0.545. The molecule has 0 radical (unpaired) electrons. The molecule has 0 unspecified atom stereocenters. The minimum absolute atomic E-state index is 0.123. The van der Waals surface area contributed by atoms with Crippen LogP contribution in [0.15, 0.2) is 52.3 Å². The summed E-state index contributed by atoms with van der Waals surface area (Å²) in [6.45, 7) is 3.96. The Morgan fingerprint density at radius 3 is 2.84 bits per heavy atom. The molecule has 0 atom stereocenters. The van der Waals surface area contributed by atoms with Crippen molar-refractivity contribution in [3.63, 3.8) is 0 Å². The molecule has 0 fully saturated rings. The number of aryl methyl sites for hydroxylation is 2. The Morgan fingerprint density at radius 2 is 2.10 bits per heavy atom. The monoisotopic (exact) mass is 416 g/mol. The first-order valence-corrected chi connectivity index (χ1v) is 9.57. The van der Waals surface area contributed by atoms with E-state index in [0.717, 1.165) is 11.1 Å². The molecule has 1 amide bonds. The third-order valence-corrected chi connectivity index (χ3v) is 4.93. The summed E-state index contributed by atoms with van der Waals surface area (Å²) < 4.78 is 21.7. The van der Waals surface area contributed by atoms with Crippen LogP contribution in [0, 0.1) is 19.7 Å². The summed E-state index contributed by atoms with van der Waals surface area (Å²) in [4.78, 5) is 29.6. The zero-order chi connectivity index (χ0) is 21.5. The van der Waals surface area contributed by atoms with Gasteiger partial charge < -0.3 is 9.73 Å². The van der Waals surface area contributed by atoms with E-state index in [2.05, 4.69) is 25.3 Å². The van der Waals surface area contributed by atoms with Crippen LogP contribution in [0.2, 0.25) is 0 Å². The number of carbonyl (C=O) groups excluding carboxylic acids is 1. The van der Waals surface area contributed by atoms with Gasteiger partial charge in [0.1, 0.15) is 5.82 Å². The van der Waals surface area contributed by atoms with Crippen LogP contribution in [0.3, 0.4) is 0 Å². The van der Waals surface area contributed by atoms with Crippen molar-refractivity contribution in [3.05, 3.63) is 71.6 Å². The maximum Gasteiger partial charge on any atom is 0.293 e. The third kappa shape index (κ3) is 3.50. The van der Waals surface area contributed by atoms with Gasteiger partial charge in [-0.1, -0.05) is 0 Å². The predicted octanol–water partition coefficient (Wildman–Crippen LogP) is 3.86. The highest BCUT2D eigenvalue weighted by Crippen LogP contribution is 2.27. The van der Waals surface area contributed by atoms with Crippen LogP contribution in [0.1, 0.15) is 27.7 Å². The Bertz CT molecular complexity index is 1400. The fraction of sp³-hybridized carbons (Fsp3) is 0.136. The molecule has 3 aromatic heterocycles. The molecule has 31 heavy (non-hydrogen) atoms. The molecule has 1 aliphatic rings. The van der Waals surface area contributed by atoms with Crippen molar-refractivity contribution in [1.82, 2.24) is 19.4 Å². The van der Waals surface area contributed by atoms with Gasteiger partial charge in [0.05, 0.1) is 17.9 Å². The predicted molar refractivity (Wildman–Crippen MR) is 114 cm³/mol. The Kier molecular flexibility index (Phi) is 4.43. The number of halogens is 1. The van der Waals surface area contributed by atoms with Crippen LogP contribution < -0.4 is 5.32 Å². The molecule has 0 bridgehead atoms. The second-order valence-corrected chi connectivity index (χ2v) is 7.15. The lowest BCUT2D eigenvalue weighted by Crippen LogP contribution is -2.12. The Labute approximate surface area is 176 Å².